The highest BCUT2D eigenvalue weighted by Gasteiger charge is 2.13. The van der Waals surface area contributed by atoms with Gasteiger partial charge in [0.2, 0.25) is 0 Å². The molecule has 3 nitrogen and oxygen atoms in total. The van der Waals surface area contributed by atoms with Crippen LogP contribution in [-0.4, -0.2) is 15.9 Å². The van der Waals surface area contributed by atoms with E-state index in [-0.39, 0.29) is 11.5 Å². The van der Waals surface area contributed by atoms with Gasteiger partial charge in [0.15, 0.2) is 5.78 Å². The van der Waals surface area contributed by atoms with E-state index in [1.807, 2.05) is 37.3 Å². The molecule has 3 aromatic rings. The highest BCUT2D eigenvalue weighted by molar-refractivity contribution is 6.15. The predicted octanol–water partition coefficient (Wildman–Crippen LogP) is 4.08. The van der Waals surface area contributed by atoms with Crippen molar-refractivity contribution >= 4 is 22.8 Å². The molecule has 0 saturated carbocycles. The highest BCUT2D eigenvalue weighted by Crippen LogP contribution is 2.23. The lowest BCUT2D eigenvalue weighted by molar-refractivity contribution is 0.104. The van der Waals surface area contributed by atoms with Crippen LogP contribution < -0.4 is 0 Å². The molecule has 0 atom stereocenters. The van der Waals surface area contributed by atoms with E-state index in [0.717, 1.165) is 16.6 Å². The summed E-state index contributed by atoms with van der Waals surface area (Å²) in [6.45, 7) is 1.89. The van der Waals surface area contributed by atoms with E-state index >= 15 is 0 Å². The smallest absolute Gasteiger partial charge is 0.188 e. The molecule has 0 amide bonds. The second-order valence-electron chi connectivity index (χ2n) is 4.93. The Bertz CT molecular complexity index is 843. The summed E-state index contributed by atoms with van der Waals surface area (Å²) in [4.78, 5) is 15.7. The number of aromatic hydroxyl groups is 1. The largest absolute Gasteiger partial charge is 0.507 e. The second-order valence-corrected chi connectivity index (χ2v) is 4.93. The molecule has 0 aliphatic carbocycles. The number of allylic oxidation sites excluding steroid dienone is 1. The van der Waals surface area contributed by atoms with Crippen LogP contribution in [0.4, 0.5) is 0 Å². The van der Waals surface area contributed by atoms with Crippen LogP contribution in [0.15, 0.2) is 54.6 Å². The molecule has 0 unspecified atom stereocenters. The number of nitrogens with one attached hydrogen (secondary N) is 1. The Balaban J connectivity index is 1.98. The number of rotatable bonds is 3. The first-order valence-electron chi connectivity index (χ1n) is 6.74. The maximum atomic E-state index is 12.4. The van der Waals surface area contributed by atoms with Crippen LogP contribution in [-0.2, 0) is 0 Å². The zero-order valence-corrected chi connectivity index (χ0v) is 11.6. The minimum Gasteiger partial charge on any atom is -0.507 e. The van der Waals surface area contributed by atoms with E-state index in [1.54, 1.807) is 24.3 Å². The average Bonchev–Trinajstić information content (AvgIpc) is 2.82. The Labute approximate surface area is 122 Å². The second kappa shape index (κ2) is 5.29. The molecule has 0 aliphatic rings. The number of phenolic OH excluding ortho intramolecular Hbond substituents is 1. The molecule has 1 heterocycles. The van der Waals surface area contributed by atoms with Crippen molar-refractivity contribution in [1.82, 2.24) is 4.98 Å². The predicted molar refractivity (Wildman–Crippen MR) is 84.5 cm³/mol. The zero-order valence-electron chi connectivity index (χ0n) is 11.6. The molecule has 21 heavy (non-hydrogen) atoms. The van der Waals surface area contributed by atoms with Crippen LogP contribution in [0.5, 0.6) is 5.75 Å². The van der Waals surface area contributed by atoms with Gasteiger partial charge in [0, 0.05) is 22.2 Å². The summed E-state index contributed by atoms with van der Waals surface area (Å²) in [5.41, 5.74) is 3.11. The molecule has 2 N–H and O–H groups in total. The third kappa shape index (κ3) is 2.46. The Morgan fingerprint density at radius 2 is 1.81 bits per heavy atom. The standard InChI is InChI=1S/C18H15NO2/c1-12-18(14-7-3-4-8-15(14)19-12)17(21)11-10-13-6-2-5-9-16(13)20/h2-11,19-20H,1H3/b11-10-. The first kappa shape index (κ1) is 13.2. The number of aromatic amines is 1. The molecule has 0 saturated heterocycles. The number of hydrogen-bond acceptors (Lipinski definition) is 2. The quantitative estimate of drug-likeness (QED) is 0.560. The van der Waals surface area contributed by atoms with E-state index in [9.17, 15) is 9.90 Å². The fraction of sp³-hybridized carbons (Fsp3) is 0.0556. The van der Waals surface area contributed by atoms with Crippen LogP contribution in [0, 0.1) is 6.92 Å². The molecule has 104 valence electrons. The Morgan fingerprint density at radius 3 is 2.62 bits per heavy atom. The van der Waals surface area contributed by atoms with Crippen LogP contribution in [0.3, 0.4) is 0 Å². The van der Waals surface area contributed by atoms with Crippen molar-refractivity contribution in [2.24, 2.45) is 0 Å². The van der Waals surface area contributed by atoms with Crippen molar-refractivity contribution in [3.05, 3.63) is 71.4 Å². The number of aryl methyl sites for hydroxylation is 1. The Morgan fingerprint density at radius 1 is 1.10 bits per heavy atom. The molecule has 0 bridgehead atoms. The lowest BCUT2D eigenvalue weighted by Crippen LogP contribution is -1.95. The van der Waals surface area contributed by atoms with E-state index < -0.39 is 0 Å². The molecular formula is C18H15NO2. The molecule has 0 aliphatic heterocycles. The van der Waals surface area contributed by atoms with Crippen molar-refractivity contribution in [3.63, 3.8) is 0 Å². The number of benzene rings is 2. The van der Waals surface area contributed by atoms with Gasteiger partial charge in [-0.2, -0.15) is 0 Å². The summed E-state index contributed by atoms with van der Waals surface area (Å²) in [5, 5.41) is 10.6. The summed E-state index contributed by atoms with van der Waals surface area (Å²) >= 11 is 0. The monoisotopic (exact) mass is 277 g/mol. The van der Waals surface area contributed by atoms with Crippen LogP contribution in [0.25, 0.3) is 17.0 Å². The number of carbonyl (C=O) groups is 1. The van der Waals surface area contributed by atoms with E-state index in [2.05, 4.69) is 4.98 Å². The summed E-state index contributed by atoms with van der Waals surface area (Å²) in [7, 11) is 0. The van der Waals surface area contributed by atoms with Gasteiger partial charge in [-0.05, 0) is 31.2 Å². The van der Waals surface area contributed by atoms with Crippen molar-refractivity contribution in [1.29, 1.82) is 0 Å². The first-order valence-corrected chi connectivity index (χ1v) is 6.74. The van der Waals surface area contributed by atoms with Gasteiger partial charge in [-0.1, -0.05) is 36.4 Å². The number of H-pyrrole nitrogens is 1. The molecule has 3 rings (SSSR count). The third-order valence-electron chi connectivity index (χ3n) is 3.49. The Hall–Kier alpha value is -2.81. The molecule has 0 fully saturated rings. The maximum absolute atomic E-state index is 12.4. The first-order chi connectivity index (χ1) is 10.2. The summed E-state index contributed by atoms with van der Waals surface area (Å²) < 4.78 is 0. The van der Waals surface area contributed by atoms with Crippen LogP contribution >= 0.6 is 0 Å². The Kier molecular flexibility index (Phi) is 3.32. The van der Waals surface area contributed by atoms with Gasteiger partial charge in [-0.15, -0.1) is 0 Å². The van der Waals surface area contributed by atoms with Gasteiger partial charge in [0.05, 0.1) is 5.56 Å². The molecule has 0 spiro atoms. The maximum Gasteiger partial charge on any atom is 0.188 e. The lowest BCUT2D eigenvalue weighted by atomic mass is 10.1. The summed E-state index contributed by atoms with van der Waals surface area (Å²) in [5.74, 6) is 0.0883. The van der Waals surface area contributed by atoms with Crippen molar-refractivity contribution in [2.75, 3.05) is 0 Å². The van der Waals surface area contributed by atoms with Crippen molar-refractivity contribution in [2.45, 2.75) is 6.92 Å². The van der Waals surface area contributed by atoms with E-state index in [4.69, 9.17) is 0 Å². The summed E-state index contributed by atoms with van der Waals surface area (Å²) in [6, 6.07) is 14.7. The molecule has 3 heteroatoms. The van der Waals surface area contributed by atoms with Gasteiger partial charge in [0.1, 0.15) is 5.75 Å². The highest BCUT2D eigenvalue weighted by atomic mass is 16.3. The van der Waals surface area contributed by atoms with Gasteiger partial charge >= 0.3 is 0 Å². The number of ketones is 1. The number of aromatic nitrogens is 1. The average molecular weight is 277 g/mol. The van der Waals surface area contributed by atoms with E-state index in [0.29, 0.717) is 11.1 Å². The normalized spacial score (nSPS) is 11.3. The van der Waals surface area contributed by atoms with Gasteiger partial charge in [0.25, 0.3) is 0 Å². The molecule has 0 radical (unpaired) electrons. The minimum absolute atomic E-state index is 0.0757. The molecular weight excluding hydrogens is 262 g/mol. The fourth-order valence-electron chi connectivity index (χ4n) is 2.47. The lowest BCUT2D eigenvalue weighted by Gasteiger charge is -1.98. The van der Waals surface area contributed by atoms with Crippen LogP contribution in [0.2, 0.25) is 0 Å². The summed E-state index contributed by atoms with van der Waals surface area (Å²) in [6.07, 6.45) is 3.14. The van der Waals surface area contributed by atoms with Gasteiger partial charge in [-0.25, -0.2) is 0 Å². The van der Waals surface area contributed by atoms with Gasteiger partial charge < -0.3 is 10.1 Å². The zero-order chi connectivity index (χ0) is 14.8. The van der Waals surface area contributed by atoms with E-state index in [1.165, 1.54) is 6.08 Å². The molecule has 1 aromatic heterocycles. The number of phenols is 1. The van der Waals surface area contributed by atoms with Gasteiger partial charge in [-0.3, -0.25) is 4.79 Å². The molecule has 2 aromatic carbocycles. The minimum atomic E-state index is -0.0757. The third-order valence-corrected chi connectivity index (χ3v) is 3.49. The number of fused-ring (bicyclic) bond motifs is 1. The number of carbonyl (C=O) groups excluding carboxylic acids is 1. The topological polar surface area (TPSA) is 53.1 Å². The van der Waals surface area contributed by atoms with Crippen molar-refractivity contribution in [3.8, 4) is 5.75 Å². The fourth-order valence-corrected chi connectivity index (χ4v) is 2.47. The number of hydrogen-bond donors (Lipinski definition) is 2. The van der Waals surface area contributed by atoms with Crippen LogP contribution in [0.1, 0.15) is 21.6 Å². The SMILES string of the molecule is Cc1[nH]c2ccccc2c1C(=O)/C=C\c1ccccc1O. The van der Waals surface area contributed by atoms with Crippen molar-refractivity contribution < 1.29 is 9.90 Å². The number of para-hydroxylation sites is 2.